The van der Waals surface area contributed by atoms with Crippen molar-refractivity contribution in [2.24, 2.45) is 0 Å². The predicted molar refractivity (Wildman–Crippen MR) is 62.8 cm³/mol. The fraction of sp³-hybridized carbons (Fsp3) is 0.308. The van der Waals surface area contributed by atoms with Crippen molar-refractivity contribution in [1.29, 1.82) is 0 Å². The van der Waals surface area contributed by atoms with Gasteiger partial charge in [-0.3, -0.25) is 4.79 Å². The van der Waals surface area contributed by atoms with Crippen molar-refractivity contribution in [2.75, 3.05) is 12.3 Å². The molecule has 16 heavy (non-hydrogen) atoms. The van der Waals surface area contributed by atoms with E-state index in [1.54, 1.807) is 12.1 Å². The van der Waals surface area contributed by atoms with Crippen molar-refractivity contribution in [2.45, 2.75) is 19.3 Å². The average Bonchev–Trinajstić information content (AvgIpc) is 2.33. The standard InChI is InChI=1S/C13H15NO2/c14-11-6-4-10(5-7-11)9-12(15)13-3-1-2-8-16-13/h3-7H,1-2,8-9,14H2. The number of Topliss-reactive ketones (excluding diaryl/α,β-unsaturated/α-hetero) is 1. The third-order valence-corrected chi connectivity index (χ3v) is 2.55. The van der Waals surface area contributed by atoms with Gasteiger partial charge in [0.25, 0.3) is 0 Å². The summed E-state index contributed by atoms with van der Waals surface area (Å²) < 4.78 is 5.32. The molecule has 2 rings (SSSR count). The monoisotopic (exact) mass is 217 g/mol. The Hall–Kier alpha value is -1.77. The lowest BCUT2D eigenvalue weighted by molar-refractivity contribution is -0.118. The molecule has 0 bridgehead atoms. The van der Waals surface area contributed by atoms with Crippen molar-refractivity contribution < 1.29 is 9.53 Å². The smallest absolute Gasteiger partial charge is 0.201 e. The summed E-state index contributed by atoms with van der Waals surface area (Å²) in [6.07, 6.45) is 4.19. The molecule has 0 aliphatic carbocycles. The molecule has 1 aromatic carbocycles. The highest BCUT2D eigenvalue weighted by atomic mass is 16.5. The topological polar surface area (TPSA) is 52.3 Å². The van der Waals surface area contributed by atoms with E-state index in [0.29, 0.717) is 24.5 Å². The molecule has 0 aromatic heterocycles. The average molecular weight is 217 g/mol. The van der Waals surface area contributed by atoms with Crippen molar-refractivity contribution in [3.63, 3.8) is 0 Å². The number of ether oxygens (including phenoxy) is 1. The number of anilines is 1. The first-order valence-corrected chi connectivity index (χ1v) is 5.46. The lowest BCUT2D eigenvalue weighted by Gasteiger charge is -2.13. The zero-order chi connectivity index (χ0) is 11.4. The van der Waals surface area contributed by atoms with Crippen molar-refractivity contribution in [3.8, 4) is 0 Å². The van der Waals surface area contributed by atoms with Gasteiger partial charge in [-0.15, -0.1) is 0 Å². The molecule has 0 unspecified atom stereocenters. The first-order chi connectivity index (χ1) is 7.75. The molecule has 0 fully saturated rings. The van der Waals surface area contributed by atoms with Gasteiger partial charge in [-0.05, 0) is 36.6 Å². The van der Waals surface area contributed by atoms with Crippen LogP contribution in [-0.2, 0) is 16.0 Å². The lowest BCUT2D eigenvalue weighted by Crippen LogP contribution is -2.13. The van der Waals surface area contributed by atoms with Crippen LogP contribution in [0.15, 0.2) is 36.1 Å². The fourth-order valence-electron chi connectivity index (χ4n) is 1.66. The van der Waals surface area contributed by atoms with Gasteiger partial charge in [0, 0.05) is 12.1 Å². The van der Waals surface area contributed by atoms with E-state index in [1.807, 2.05) is 18.2 Å². The van der Waals surface area contributed by atoms with E-state index in [4.69, 9.17) is 10.5 Å². The Morgan fingerprint density at radius 1 is 1.31 bits per heavy atom. The third-order valence-electron chi connectivity index (χ3n) is 2.55. The molecule has 1 aliphatic heterocycles. The first-order valence-electron chi connectivity index (χ1n) is 5.46. The Balaban J connectivity index is 2.01. The van der Waals surface area contributed by atoms with Gasteiger partial charge >= 0.3 is 0 Å². The van der Waals surface area contributed by atoms with Crippen LogP contribution in [-0.4, -0.2) is 12.4 Å². The SMILES string of the molecule is Nc1ccc(CC(=O)C2=CCCCO2)cc1. The Morgan fingerprint density at radius 3 is 2.69 bits per heavy atom. The maximum absolute atomic E-state index is 11.8. The largest absolute Gasteiger partial charge is 0.490 e. The first kappa shape index (κ1) is 10.7. The van der Waals surface area contributed by atoms with E-state index in [0.717, 1.165) is 18.4 Å². The van der Waals surface area contributed by atoms with Crippen LogP contribution in [0.2, 0.25) is 0 Å². The van der Waals surface area contributed by atoms with Gasteiger partial charge in [-0.2, -0.15) is 0 Å². The van der Waals surface area contributed by atoms with Crippen LogP contribution in [0, 0.1) is 0 Å². The van der Waals surface area contributed by atoms with Gasteiger partial charge in [-0.1, -0.05) is 12.1 Å². The van der Waals surface area contributed by atoms with Gasteiger partial charge in [0.1, 0.15) is 0 Å². The summed E-state index contributed by atoms with van der Waals surface area (Å²) in [5.74, 6) is 0.563. The van der Waals surface area contributed by atoms with Gasteiger partial charge < -0.3 is 10.5 Å². The number of carbonyl (C=O) groups excluding carboxylic acids is 1. The second kappa shape index (κ2) is 4.84. The number of hydrogen-bond donors (Lipinski definition) is 1. The molecule has 0 saturated heterocycles. The summed E-state index contributed by atoms with van der Waals surface area (Å²) in [7, 11) is 0. The van der Waals surface area contributed by atoms with Gasteiger partial charge in [0.15, 0.2) is 5.76 Å². The van der Waals surface area contributed by atoms with Crippen molar-refractivity contribution >= 4 is 11.5 Å². The van der Waals surface area contributed by atoms with E-state index in [-0.39, 0.29) is 5.78 Å². The lowest BCUT2D eigenvalue weighted by atomic mass is 10.1. The highest BCUT2D eigenvalue weighted by Gasteiger charge is 2.13. The highest BCUT2D eigenvalue weighted by molar-refractivity contribution is 5.95. The molecular formula is C13H15NO2. The minimum atomic E-state index is 0.0458. The number of allylic oxidation sites excluding steroid dienone is 2. The van der Waals surface area contributed by atoms with Crippen LogP contribution in [0.4, 0.5) is 5.69 Å². The maximum Gasteiger partial charge on any atom is 0.201 e. The molecule has 0 saturated carbocycles. The molecule has 2 N–H and O–H groups in total. The van der Waals surface area contributed by atoms with Crippen LogP contribution in [0.5, 0.6) is 0 Å². The number of nitrogens with two attached hydrogens (primary N) is 1. The molecule has 1 aromatic rings. The summed E-state index contributed by atoms with van der Waals surface area (Å²) in [4.78, 5) is 11.8. The number of benzene rings is 1. The summed E-state index contributed by atoms with van der Waals surface area (Å²) in [5.41, 5.74) is 7.26. The number of carbonyl (C=O) groups is 1. The molecule has 1 aliphatic rings. The van der Waals surface area contributed by atoms with Crippen LogP contribution in [0.25, 0.3) is 0 Å². The molecule has 1 heterocycles. The molecule has 3 nitrogen and oxygen atoms in total. The normalized spacial score (nSPS) is 15.1. The number of hydrogen-bond acceptors (Lipinski definition) is 3. The second-order valence-corrected chi connectivity index (χ2v) is 3.90. The second-order valence-electron chi connectivity index (χ2n) is 3.90. The Kier molecular flexibility index (Phi) is 3.25. The van der Waals surface area contributed by atoms with E-state index in [9.17, 15) is 4.79 Å². The van der Waals surface area contributed by atoms with E-state index in [2.05, 4.69) is 0 Å². The summed E-state index contributed by atoms with van der Waals surface area (Å²) in [6.45, 7) is 0.652. The van der Waals surface area contributed by atoms with Crippen LogP contribution in [0.3, 0.4) is 0 Å². The predicted octanol–water partition coefficient (Wildman–Crippen LogP) is 2.07. The fourth-order valence-corrected chi connectivity index (χ4v) is 1.66. The van der Waals surface area contributed by atoms with E-state index >= 15 is 0 Å². The van der Waals surface area contributed by atoms with E-state index < -0.39 is 0 Å². The zero-order valence-corrected chi connectivity index (χ0v) is 9.11. The molecule has 0 amide bonds. The van der Waals surface area contributed by atoms with Gasteiger partial charge in [-0.25, -0.2) is 0 Å². The van der Waals surface area contributed by atoms with Crippen LogP contribution >= 0.6 is 0 Å². The molecule has 0 spiro atoms. The number of nitrogen functional groups attached to an aromatic ring is 1. The third kappa shape index (κ3) is 2.63. The maximum atomic E-state index is 11.8. The number of rotatable bonds is 3. The Labute approximate surface area is 94.9 Å². The van der Waals surface area contributed by atoms with Crippen LogP contribution < -0.4 is 5.73 Å². The highest BCUT2D eigenvalue weighted by Crippen LogP contribution is 2.14. The quantitative estimate of drug-likeness (QED) is 0.788. The van der Waals surface area contributed by atoms with Crippen molar-refractivity contribution in [1.82, 2.24) is 0 Å². The number of ketones is 1. The van der Waals surface area contributed by atoms with Gasteiger partial charge in [0.2, 0.25) is 5.78 Å². The minimum Gasteiger partial charge on any atom is -0.490 e. The van der Waals surface area contributed by atoms with Crippen molar-refractivity contribution in [3.05, 3.63) is 41.7 Å². The Morgan fingerprint density at radius 2 is 2.06 bits per heavy atom. The Bertz CT molecular complexity index is 406. The van der Waals surface area contributed by atoms with Crippen LogP contribution in [0.1, 0.15) is 18.4 Å². The van der Waals surface area contributed by atoms with E-state index in [1.165, 1.54) is 0 Å². The summed E-state index contributed by atoms with van der Waals surface area (Å²) >= 11 is 0. The zero-order valence-electron chi connectivity index (χ0n) is 9.11. The molecular weight excluding hydrogens is 202 g/mol. The summed E-state index contributed by atoms with van der Waals surface area (Å²) in [6, 6.07) is 7.35. The minimum absolute atomic E-state index is 0.0458. The summed E-state index contributed by atoms with van der Waals surface area (Å²) in [5, 5.41) is 0. The molecule has 84 valence electrons. The molecule has 0 atom stereocenters. The molecule has 0 radical (unpaired) electrons. The molecule has 3 heteroatoms. The van der Waals surface area contributed by atoms with Gasteiger partial charge in [0.05, 0.1) is 6.61 Å².